The Morgan fingerprint density at radius 1 is 1.22 bits per heavy atom. The van der Waals surface area contributed by atoms with Crippen molar-refractivity contribution in [2.75, 3.05) is 19.8 Å². The highest BCUT2D eigenvalue weighted by molar-refractivity contribution is 5.99. The number of pyridine rings is 1. The Morgan fingerprint density at radius 2 is 1.96 bits per heavy atom. The number of rotatable bonds is 9. The first-order valence-electron chi connectivity index (χ1n) is 9.37. The van der Waals surface area contributed by atoms with Crippen LogP contribution in [0.1, 0.15) is 48.8 Å². The van der Waals surface area contributed by atoms with Crippen molar-refractivity contribution < 1.29 is 19.1 Å². The van der Waals surface area contributed by atoms with Crippen molar-refractivity contribution in [2.45, 2.75) is 46.6 Å². The van der Waals surface area contributed by atoms with E-state index in [9.17, 15) is 9.59 Å². The summed E-state index contributed by atoms with van der Waals surface area (Å²) >= 11 is 0. The molecule has 0 saturated heterocycles. The molecule has 6 nitrogen and oxygen atoms in total. The van der Waals surface area contributed by atoms with E-state index in [1.165, 1.54) is 0 Å². The van der Waals surface area contributed by atoms with Gasteiger partial charge in [0.05, 0.1) is 22.9 Å². The van der Waals surface area contributed by atoms with Crippen LogP contribution in [0.25, 0.3) is 10.9 Å². The second-order valence-electron chi connectivity index (χ2n) is 6.63. The molecule has 1 aromatic carbocycles. The summed E-state index contributed by atoms with van der Waals surface area (Å²) in [5.41, 5.74) is 2.82. The fraction of sp³-hybridized carbons (Fsp3) is 0.476. The van der Waals surface area contributed by atoms with Gasteiger partial charge >= 0.3 is 5.97 Å². The molecule has 6 heteroatoms. The van der Waals surface area contributed by atoms with Crippen LogP contribution in [0, 0.1) is 6.92 Å². The summed E-state index contributed by atoms with van der Waals surface area (Å²) in [6.07, 6.45) is 1.50. The minimum atomic E-state index is -0.513. The number of carbonyl (C=O) groups excluding carboxylic acids is 2. The molecule has 0 atom stereocenters. The van der Waals surface area contributed by atoms with Gasteiger partial charge in [0.2, 0.25) is 0 Å². The SMILES string of the molecule is CCc1nc2ccccc2c(C)c1C(=O)OCC(=O)NCCCOC(C)C. The van der Waals surface area contributed by atoms with Crippen LogP contribution in [-0.4, -0.2) is 42.7 Å². The van der Waals surface area contributed by atoms with E-state index in [0.717, 1.165) is 16.5 Å². The summed E-state index contributed by atoms with van der Waals surface area (Å²) in [6, 6.07) is 7.68. The maximum absolute atomic E-state index is 12.6. The highest BCUT2D eigenvalue weighted by Gasteiger charge is 2.19. The molecule has 0 spiro atoms. The Hall–Kier alpha value is -2.47. The first kappa shape index (κ1) is 20.8. The van der Waals surface area contributed by atoms with Crippen LogP contribution in [0.3, 0.4) is 0 Å². The lowest BCUT2D eigenvalue weighted by Crippen LogP contribution is -2.30. The number of nitrogens with one attached hydrogen (secondary N) is 1. The van der Waals surface area contributed by atoms with Crippen molar-refractivity contribution in [1.29, 1.82) is 0 Å². The minimum absolute atomic E-state index is 0.174. The van der Waals surface area contributed by atoms with Crippen LogP contribution in [0.15, 0.2) is 24.3 Å². The highest BCUT2D eigenvalue weighted by atomic mass is 16.5. The lowest BCUT2D eigenvalue weighted by Gasteiger charge is -2.13. The predicted octanol–water partition coefficient (Wildman–Crippen LogP) is 3.19. The number of ether oxygens (including phenoxy) is 2. The number of amides is 1. The van der Waals surface area contributed by atoms with Gasteiger partial charge in [-0.2, -0.15) is 0 Å². The number of carbonyl (C=O) groups is 2. The second-order valence-corrected chi connectivity index (χ2v) is 6.63. The van der Waals surface area contributed by atoms with Crippen molar-refractivity contribution in [3.8, 4) is 0 Å². The zero-order valence-electron chi connectivity index (χ0n) is 16.5. The number of aromatic nitrogens is 1. The van der Waals surface area contributed by atoms with Crippen molar-refractivity contribution >= 4 is 22.8 Å². The van der Waals surface area contributed by atoms with Crippen LogP contribution in [-0.2, 0) is 20.7 Å². The molecule has 1 aromatic heterocycles. The molecular formula is C21H28N2O4. The van der Waals surface area contributed by atoms with Gasteiger partial charge in [-0.3, -0.25) is 9.78 Å². The Morgan fingerprint density at radius 3 is 2.67 bits per heavy atom. The van der Waals surface area contributed by atoms with Gasteiger partial charge in [0.1, 0.15) is 0 Å². The molecule has 0 radical (unpaired) electrons. The zero-order valence-corrected chi connectivity index (χ0v) is 16.5. The van der Waals surface area contributed by atoms with E-state index in [1.807, 2.05) is 52.0 Å². The Kier molecular flexibility index (Phi) is 7.73. The predicted molar refractivity (Wildman–Crippen MR) is 105 cm³/mol. The van der Waals surface area contributed by atoms with Crippen LogP contribution >= 0.6 is 0 Å². The first-order chi connectivity index (χ1) is 12.9. The number of hydrogen-bond acceptors (Lipinski definition) is 5. The average molecular weight is 372 g/mol. The maximum atomic E-state index is 12.6. The van der Waals surface area contributed by atoms with E-state index in [1.54, 1.807) is 0 Å². The Bertz CT molecular complexity index is 802. The quantitative estimate of drug-likeness (QED) is 0.540. The van der Waals surface area contributed by atoms with Gasteiger partial charge in [-0.05, 0) is 45.2 Å². The molecule has 1 heterocycles. The topological polar surface area (TPSA) is 77.5 Å². The number of aryl methyl sites for hydroxylation is 2. The third-order valence-corrected chi connectivity index (χ3v) is 4.19. The number of para-hydroxylation sites is 1. The van der Waals surface area contributed by atoms with Crippen LogP contribution in [0.2, 0.25) is 0 Å². The van der Waals surface area contributed by atoms with Crippen LogP contribution in [0.5, 0.6) is 0 Å². The van der Waals surface area contributed by atoms with Gasteiger partial charge in [-0.25, -0.2) is 4.79 Å². The monoisotopic (exact) mass is 372 g/mol. The number of nitrogens with zero attached hydrogens (tertiary/aromatic N) is 1. The van der Waals surface area contributed by atoms with Gasteiger partial charge in [0.15, 0.2) is 6.61 Å². The average Bonchev–Trinajstić information content (AvgIpc) is 2.65. The van der Waals surface area contributed by atoms with E-state index in [-0.39, 0.29) is 18.6 Å². The number of hydrogen-bond donors (Lipinski definition) is 1. The maximum Gasteiger partial charge on any atom is 0.340 e. The largest absolute Gasteiger partial charge is 0.452 e. The fourth-order valence-electron chi connectivity index (χ4n) is 2.84. The standard InChI is InChI=1S/C21H28N2O4/c1-5-17-20(15(4)16-9-6-7-10-18(16)23-17)21(25)27-13-19(24)22-11-8-12-26-14(2)3/h6-7,9-10,14H,5,8,11-13H2,1-4H3,(H,22,24). The molecule has 0 aliphatic heterocycles. The minimum Gasteiger partial charge on any atom is -0.452 e. The summed E-state index contributed by atoms with van der Waals surface area (Å²) in [5, 5.41) is 3.64. The van der Waals surface area contributed by atoms with Crippen molar-refractivity contribution in [1.82, 2.24) is 10.3 Å². The molecule has 27 heavy (non-hydrogen) atoms. The molecule has 1 N–H and O–H groups in total. The molecule has 0 saturated carbocycles. The Balaban J connectivity index is 1.96. The molecule has 0 unspecified atom stereocenters. The lowest BCUT2D eigenvalue weighted by atomic mass is 10.0. The van der Waals surface area contributed by atoms with Crippen molar-refractivity contribution in [2.24, 2.45) is 0 Å². The number of esters is 1. The molecular weight excluding hydrogens is 344 g/mol. The van der Waals surface area contributed by atoms with Gasteiger partial charge in [-0.15, -0.1) is 0 Å². The molecule has 0 aliphatic rings. The zero-order chi connectivity index (χ0) is 19.8. The normalized spacial score (nSPS) is 11.0. The smallest absolute Gasteiger partial charge is 0.340 e. The molecule has 0 bridgehead atoms. The summed E-state index contributed by atoms with van der Waals surface area (Å²) < 4.78 is 10.6. The van der Waals surface area contributed by atoms with Crippen molar-refractivity contribution in [3.63, 3.8) is 0 Å². The third kappa shape index (κ3) is 5.76. The van der Waals surface area contributed by atoms with Crippen molar-refractivity contribution in [3.05, 3.63) is 41.1 Å². The lowest BCUT2D eigenvalue weighted by molar-refractivity contribution is -0.124. The molecule has 2 rings (SSSR count). The van der Waals surface area contributed by atoms with Gasteiger partial charge < -0.3 is 14.8 Å². The second kappa shape index (κ2) is 10.0. The summed E-state index contributed by atoms with van der Waals surface area (Å²) in [7, 11) is 0. The summed E-state index contributed by atoms with van der Waals surface area (Å²) in [4.78, 5) is 29.0. The summed E-state index contributed by atoms with van der Waals surface area (Å²) in [5.74, 6) is -0.835. The van der Waals surface area contributed by atoms with Gasteiger partial charge in [0, 0.05) is 18.5 Å². The fourth-order valence-corrected chi connectivity index (χ4v) is 2.84. The van der Waals surface area contributed by atoms with E-state index in [2.05, 4.69) is 10.3 Å². The van der Waals surface area contributed by atoms with Crippen LogP contribution in [0.4, 0.5) is 0 Å². The van der Waals surface area contributed by atoms with E-state index < -0.39 is 5.97 Å². The van der Waals surface area contributed by atoms with E-state index >= 15 is 0 Å². The number of benzene rings is 1. The first-order valence-corrected chi connectivity index (χ1v) is 9.37. The van der Waals surface area contributed by atoms with Crippen LogP contribution < -0.4 is 5.32 Å². The Labute approximate surface area is 160 Å². The number of fused-ring (bicyclic) bond motifs is 1. The molecule has 2 aromatic rings. The molecule has 1 amide bonds. The van der Waals surface area contributed by atoms with Gasteiger partial charge in [0.25, 0.3) is 5.91 Å². The van der Waals surface area contributed by atoms with E-state index in [4.69, 9.17) is 9.47 Å². The van der Waals surface area contributed by atoms with Gasteiger partial charge in [-0.1, -0.05) is 25.1 Å². The molecule has 0 aliphatic carbocycles. The third-order valence-electron chi connectivity index (χ3n) is 4.19. The molecule has 146 valence electrons. The van der Waals surface area contributed by atoms with E-state index in [0.29, 0.717) is 37.3 Å². The molecule has 0 fully saturated rings. The summed E-state index contributed by atoms with van der Waals surface area (Å²) in [6.45, 7) is 8.52. The highest BCUT2D eigenvalue weighted by Crippen LogP contribution is 2.24.